The molecule has 33 heavy (non-hydrogen) atoms. The molecule has 0 heteroatoms. The molecule has 0 spiro atoms. The molecule has 6 aromatic carbocycles. The van der Waals surface area contributed by atoms with E-state index < -0.39 is 0 Å². The van der Waals surface area contributed by atoms with Crippen molar-refractivity contribution < 1.29 is 0 Å². The van der Waals surface area contributed by atoms with E-state index in [1.165, 1.54) is 75.8 Å². The molecule has 160 valence electrons. The van der Waals surface area contributed by atoms with Crippen LogP contribution in [0.5, 0.6) is 0 Å². The Labute approximate surface area is 194 Å². The van der Waals surface area contributed by atoms with Gasteiger partial charge in [0.1, 0.15) is 0 Å². The van der Waals surface area contributed by atoms with Crippen molar-refractivity contribution in [3.63, 3.8) is 0 Å². The Morgan fingerprint density at radius 2 is 1.36 bits per heavy atom. The van der Waals surface area contributed by atoms with Gasteiger partial charge in [0.25, 0.3) is 0 Å². The highest BCUT2D eigenvalue weighted by Gasteiger charge is 2.19. The molecule has 0 saturated heterocycles. The summed E-state index contributed by atoms with van der Waals surface area (Å²) < 4.78 is 0. The molecule has 0 aromatic heterocycles. The van der Waals surface area contributed by atoms with Gasteiger partial charge in [-0.3, -0.25) is 0 Å². The Morgan fingerprint density at radius 3 is 2.00 bits per heavy atom. The van der Waals surface area contributed by atoms with E-state index in [2.05, 4.69) is 113 Å². The van der Waals surface area contributed by atoms with Gasteiger partial charge in [-0.1, -0.05) is 91.9 Å². The largest absolute Gasteiger partial charge is 0.0876 e. The fourth-order valence-corrected chi connectivity index (χ4v) is 5.88. The zero-order valence-electron chi connectivity index (χ0n) is 19.8. The van der Waals surface area contributed by atoms with Crippen LogP contribution in [0.15, 0.2) is 72.8 Å². The van der Waals surface area contributed by atoms with Crippen molar-refractivity contribution in [2.45, 2.75) is 34.1 Å². The first-order valence-corrected chi connectivity index (χ1v) is 12.0. The second-order valence-electron chi connectivity index (χ2n) is 9.25. The Bertz CT molecular complexity index is 1740. The smallest absolute Gasteiger partial charge is 0.000898 e. The van der Waals surface area contributed by atoms with Gasteiger partial charge in [0.05, 0.1) is 0 Å². The molecule has 0 unspecified atom stereocenters. The maximum Gasteiger partial charge on any atom is -0.000898 e. The lowest BCUT2D eigenvalue weighted by atomic mass is 9.82. The highest BCUT2D eigenvalue weighted by Crippen LogP contribution is 2.45. The molecule has 6 aromatic rings. The summed E-state index contributed by atoms with van der Waals surface area (Å²) >= 11 is 0. The Kier molecular flexibility index (Phi) is 4.52. The monoisotopic (exact) mass is 424 g/mol. The molecular weight excluding hydrogens is 396 g/mol. The van der Waals surface area contributed by atoms with E-state index in [4.69, 9.17) is 0 Å². The van der Waals surface area contributed by atoms with Gasteiger partial charge in [-0.25, -0.2) is 0 Å². The average Bonchev–Trinajstić information content (AvgIpc) is 2.83. The molecule has 0 nitrogen and oxygen atoms in total. The van der Waals surface area contributed by atoms with Crippen LogP contribution < -0.4 is 5.22 Å². The summed E-state index contributed by atoms with van der Waals surface area (Å²) in [5.74, 6) is 0. The minimum absolute atomic E-state index is 1.03. The summed E-state index contributed by atoms with van der Waals surface area (Å²) in [6, 6.07) is 20.7. The summed E-state index contributed by atoms with van der Waals surface area (Å²) in [6.07, 6.45) is 12.2. The average molecular weight is 425 g/mol. The molecular formula is C33H28. The van der Waals surface area contributed by atoms with E-state index in [0.29, 0.717) is 0 Å². The van der Waals surface area contributed by atoms with Gasteiger partial charge in [-0.05, 0) is 103 Å². The highest BCUT2D eigenvalue weighted by molar-refractivity contribution is 6.38. The van der Waals surface area contributed by atoms with E-state index in [9.17, 15) is 0 Å². The molecule has 0 bridgehead atoms. The lowest BCUT2D eigenvalue weighted by Gasteiger charge is -2.21. The van der Waals surface area contributed by atoms with Crippen LogP contribution >= 0.6 is 0 Å². The summed E-state index contributed by atoms with van der Waals surface area (Å²) in [5.41, 5.74) is 4.01. The van der Waals surface area contributed by atoms with Gasteiger partial charge < -0.3 is 0 Å². The van der Waals surface area contributed by atoms with Gasteiger partial charge in [0.2, 0.25) is 0 Å². The third-order valence-corrected chi connectivity index (χ3v) is 7.18. The number of allylic oxidation sites excluding steroid dienone is 3. The molecule has 6 rings (SSSR count). The van der Waals surface area contributed by atoms with Crippen LogP contribution in [0.2, 0.25) is 0 Å². The van der Waals surface area contributed by atoms with Crippen LogP contribution in [0.4, 0.5) is 0 Å². The first-order valence-electron chi connectivity index (χ1n) is 12.0. The van der Waals surface area contributed by atoms with Crippen molar-refractivity contribution in [1.82, 2.24) is 0 Å². The number of fused-ring (bicyclic) bond motifs is 2. The number of hydrogen-bond acceptors (Lipinski definition) is 0. The number of benzene rings is 6. The lowest BCUT2D eigenvalue weighted by Crippen LogP contribution is -2.07. The fraction of sp³-hybridized carbons (Fsp3) is 0.152. The van der Waals surface area contributed by atoms with Crippen molar-refractivity contribution in [1.29, 1.82) is 0 Å². The number of hydrogen-bond donors (Lipinski definition) is 0. The van der Waals surface area contributed by atoms with Crippen LogP contribution in [0.25, 0.3) is 66.0 Å². The molecule has 0 radical (unpaired) electrons. The van der Waals surface area contributed by atoms with Crippen LogP contribution in [0.3, 0.4) is 0 Å². The highest BCUT2D eigenvalue weighted by atomic mass is 14.2. The molecule has 0 atom stereocenters. The van der Waals surface area contributed by atoms with E-state index in [-0.39, 0.29) is 0 Å². The van der Waals surface area contributed by atoms with Gasteiger partial charge in [-0.2, -0.15) is 0 Å². The number of rotatable bonds is 3. The third kappa shape index (κ3) is 2.77. The second kappa shape index (κ2) is 7.46. The minimum atomic E-state index is 1.03. The van der Waals surface area contributed by atoms with Crippen molar-refractivity contribution in [2.75, 3.05) is 0 Å². The van der Waals surface area contributed by atoms with E-state index >= 15 is 0 Å². The summed E-state index contributed by atoms with van der Waals surface area (Å²) in [4.78, 5) is 0. The quantitative estimate of drug-likeness (QED) is 0.196. The summed E-state index contributed by atoms with van der Waals surface area (Å²) in [7, 11) is 0. The standard InChI is InChI=1S/C33H28/c1-5-7-10-24-18-20(3)28-26-16-14-22-12-9-13-23-15-17-27(32(26)30(22)23)29-21(4)19-25(11-8-6-2)31(24)33(28)29/h5,7-19H,6H2,1-4H3/b7-5-,11-8+,24-10-. The predicted molar refractivity (Wildman–Crippen MR) is 148 cm³/mol. The van der Waals surface area contributed by atoms with Crippen LogP contribution in [0.1, 0.15) is 37.0 Å². The zero-order valence-corrected chi connectivity index (χ0v) is 19.8. The third-order valence-electron chi connectivity index (χ3n) is 7.18. The molecule has 0 N–H and O–H groups in total. The fourth-order valence-electron chi connectivity index (χ4n) is 5.88. The molecule has 0 fully saturated rings. The maximum atomic E-state index is 2.39. The SMILES string of the molecule is C/C=C\C=c1\cc(C)c2c3ccc4cccc5ccc(c6c(C)cc(/C=C/CC)c1c62)c3c54. The molecule has 0 aliphatic rings. The van der Waals surface area contributed by atoms with E-state index in [1.54, 1.807) is 0 Å². The van der Waals surface area contributed by atoms with Gasteiger partial charge in [0, 0.05) is 0 Å². The minimum Gasteiger partial charge on any atom is -0.0876 e. The normalized spacial score (nSPS) is 13.5. The van der Waals surface area contributed by atoms with Crippen molar-refractivity contribution in [3.8, 4) is 0 Å². The predicted octanol–water partition coefficient (Wildman–Crippen LogP) is 9.01. The van der Waals surface area contributed by atoms with Gasteiger partial charge in [0.15, 0.2) is 0 Å². The number of aryl methyl sites for hydroxylation is 2. The summed E-state index contributed by atoms with van der Waals surface area (Å²) in [5, 5.41) is 15.1. The van der Waals surface area contributed by atoms with Crippen LogP contribution in [0, 0.1) is 13.8 Å². The van der Waals surface area contributed by atoms with Gasteiger partial charge in [-0.15, -0.1) is 0 Å². The first kappa shape index (κ1) is 20.0. The topological polar surface area (TPSA) is 0 Å². The molecule has 0 saturated carbocycles. The Balaban J connectivity index is 2.00. The molecule has 0 aliphatic carbocycles. The molecule has 0 aliphatic heterocycles. The zero-order chi connectivity index (χ0) is 22.7. The van der Waals surface area contributed by atoms with Crippen LogP contribution in [-0.4, -0.2) is 0 Å². The maximum absolute atomic E-state index is 2.39. The molecule has 0 heterocycles. The van der Waals surface area contributed by atoms with E-state index in [0.717, 1.165) is 6.42 Å². The molecule has 0 amide bonds. The van der Waals surface area contributed by atoms with Crippen LogP contribution in [-0.2, 0) is 0 Å². The van der Waals surface area contributed by atoms with Crippen molar-refractivity contribution >= 4 is 66.0 Å². The first-order chi connectivity index (χ1) is 16.1. The Morgan fingerprint density at radius 1 is 0.697 bits per heavy atom. The second-order valence-corrected chi connectivity index (χ2v) is 9.25. The summed E-state index contributed by atoms with van der Waals surface area (Å²) in [6.45, 7) is 8.85. The van der Waals surface area contributed by atoms with Crippen molar-refractivity contribution in [3.05, 3.63) is 94.7 Å². The Hall–Kier alpha value is -3.64. The van der Waals surface area contributed by atoms with Gasteiger partial charge >= 0.3 is 0 Å². The van der Waals surface area contributed by atoms with Crippen molar-refractivity contribution in [2.24, 2.45) is 0 Å². The van der Waals surface area contributed by atoms with E-state index in [1.807, 2.05) is 0 Å². The lowest BCUT2D eigenvalue weighted by molar-refractivity contribution is 1.23.